The zero-order chi connectivity index (χ0) is 13.4. The van der Waals surface area contributed by atoms with Crippen molar-refractivity contribution in [1.29, 1.82) is 0 Å². The summed E-state index contributed by atoms with van der Waals surface area (Å²) in [6, 6.07) is 0. The molecule has 2 aliphatic heterocycles. The molecule has 4 aliphatic rings. The van der Waals surface area contributed by atoms with Crippen molar-refractivity contribution in [3.05, 3.63) is 0 Å². The summed E-state index contributed by atoms with van der Waals surface area (Å²) in [5.74, 6) is 0. The second-order valence-electron chi connectivity index (χ2n) is 7.73. The monoisotopic (exact) mass is 310 g/mol. The van der Waals surface area contributed by atoms with E-state index >= 15 is 0 Å². The van der Waals surface area contributed by atoms with E-state index in [1.807, 2.05) is 0 Å². The Kier molecular flexibility index (Phi) is 4.73. The molecule has 4 rings (SSSR count). The molecule has 0 spiro atoms. The number of hydrogen-bond acceptors (Lipinski definition) is 0. The molecular formula is C18H32P2. The van der Waals surface area contributed by atoms with Gasteiger partial charge in [-0.2, -0.15) is 0 Å². The molecule has 2 aliphatic carbocycles. The van der Waals surface area contributed by atoms with Gasteiger partial charge in [0.15, 0.2) is 0 Å². The quantitative estimate of drug-likeness (QED) is 0.548. The molecule has 4 fully saturated rings. The number of rotatable bonds is 3. The van der Waals surface area contributed by atoms with E-state index in [4.69, 9.17) is 0 Å². The molecule has 0 aromatic carbocycles. The zero-order valence-corrected chi connectivity index (χ0v) is 14.9. The van der Waals surface area contributed by atoms with Gasteiger partial charge in [-0.1, -0.05) is 67.2 Å². The Morgan fingerprint density at radius 3 is 1.05 bits per heavy atom. The average Bonchev–Trinajstić information content (AvgIpc) is 3.22. The molecule has 0 radical (unpaired) electrons. The summed E-state index contributed by atoms with van der Waals surface area (Å²) < 4.78 is 0. The van der Waals surface area contributed by atoms with Crippen LogP contribution in [0.4, 0.5) is 0 Å². The zero-order valence-electron chi connectivity index (χ0n) is 13.1. The van der Waals surface area contributed by atoms with Gasteiger partial charge >= 0.3 is 0 Å². The van der Waals surface area contributed by atoms with E-state index in [0.29, 0.717) is 15.8 Å². The highest BCUT2D eigenvalue weighted by Gasteiger charge is 2.52. The van der Waals surface area contributed by atoms with E-state index in [-0.39, 0.29) is 0 Å². The Hall–Kier alpha value is 0.860. The molecule has 0 aromatic heterocycles. The summed E-state index contributed by atoms with van der Waals surface area (Å²) in [6.07, 6.45) is 22.4. The second-order valence-corrected chi connectivity index (χ2v) is 13.3. The molecule has 20 heavy (non-hydrogen) atoms. The molecule has 0 bridgehead atoms. The van der Waals surface area contributed by atoms with Crippen LogP contribution in [0.25, 0.3) is 0 Å². The smallest absolute Gasteiger partial charge is 0.0139 e. The van der Waals surface area contributed by atoms with Crippen LogP contribution in [0, 0.1) is 0 Å². The van der Waals surface area contributed by atoms with Crippen molar-refractivity contribution in [2.75, 3.05) is 12.3 Å². The van der Waals surface area contributed by atoms with Gasteiger partial charge < -0.3 is 0 Å². The summed E-state index contributed by atoms with van der Waals surface area (Å²) >= 11 is 0. The Bertz CT molecular complexity index is 269. The van der Waals surface area contributed by atoms with Crippen LogP contribution in [0.3, 0.4) is 0 Å². The highest BCUT2D eigenvalue weighted by atomic mass is 31.1. The van der Waals surface area contributed by atoms with E-state index in [1.54, 1.807) is 89.4 Å². The van der Waals surface area contributed by atoms with Gasteiger partial charge in [0.2, 0.25) is 0 Å². The van der Waals surface area contributed by atoms with Gasteiger partial charge in [0, 0.05) is 0 Å². The van der Waals surface area contributed by atoms with E-state index in [1.165, 1.54) is 22.6 Å². The van der Waals surface area contributed by atoms with Gasteiger partial charge in [0.05, 0.1) is 0 Å². The van der Waals surface area contributed by atoms with Crippen molar-refractivity contribution in [3.63, 3.8) is 0 Å². The third kappa shape index (κ3) is 3.13. The Labute approximate surface area is 128 Å². The molecule has 0 amide bonds. The SMILES string of the molecule is C1CCCC2C(CC1)P2CCP1C2CCCCCCC21. The molecule has 2 saturated heterocycles. The lowest BCUT2D eigenvalue weighted by Crippen LogP contribution is -1.97. The summed E-state index contributed by atoms with van der Waals surface area (Å²) in [7, 11) is 1.07. The van der Waals surface area contributed by atoms with Gasteiger partial charge in [0.25, 0.3) is 0 Å². The summed E-state index contributed by atoms with van der Waals surface area (Å²) in [5, 5.41) is 0. The van der Waals surface area contributed by atoms with Crippen molar-refractivity contribution in [1.82, 2.24) is 0 Å². The first-order valence-electron chi connectivity index (χ1n) is 9.46. The van der Waals surface area contributed by atoms with Crippen molar-refractivity contribution >= 4 is 15.8 Å². The van der Waals surface area contributed by atoms with E-state index in [2.05, 4.69) is 0 Å². The maximum absolute atomic E-state index is 1.71. The van der Waals surface area contributed by atoms with Crippen molar-refractivity contribution in [2.24, 2.45) is 0 Å². The third-order valence-electron chi connectivity index (χ3n) is 6.53. The second kappa shape index (κ2) is 6.54. The third-order valence-corrected chi connectivity index (χ3v) is 13.6. The fourth-order valence-corrected chi connectivity index (χ4v) is 13.2. The minimum Gasteiger partial charge on any atom is -0.0987 e. The van der Waals surface area contributed by atoms with Crippen LogP contribution < -0.4 is 0 Å². The minimum absolute atomic E-state index is 0.534. The van der Waals surface area contributed by atoms with Gasteiger partial charge in [-0.05, 0) is 60.6 Å². The Balaban J connectivity index is 1.23. The van der Waals surface area contributed by atoms with Crippen LogP contribution in [0.1, 0.15) is 77.0 Å². The summed E-state index contributed by atoms with van der Waals surface area (Å²) in [5.41, 5.74) is 5.03. The normalized spacial score (nSPS) is 48.0. The number of fused-ring (bicyclic) bond motifs is 2. The van der Waals surface area contributed by atoms with E-state index < -0.39 is 0 Å². The van der Waals surface area contributed by atoms with E-state index in [0.717, 1.165) is 0 Å². The Morgan fingerprint density at radius 1 is 0.450 bits per heavy atom. The van der Waals surface area contributed by atoms with Crippen LogP contribution in [-0.2, 0) is 0 Å². The maximum Gasteiger partial charge on any atom is -0.0139 e. The standard InChI is InChI=1S/C18H32P2/c1-2-6-10-16-15(9-5-1)19(16)13-14-20-17-11-7-3-4-8-12-18(17)20/h15-18H,1-14H2. The maximum atomic E-state index is 1.71. The lowest BCUT2D eigenvalue weighted by molar-refractivity contribution is 0.551. The topological polar surface area (TPSA) is 0 Å². The highest BCUT2D eigenvalue weighted by molar-refractivity contribution is 7.71. The van der Waals surface area contributed by atoms with Gasteiger partial charge in [-0.3, -0.25) is 0 Å². The van der Waals surface area contributed by atoms with Crippen LogP contribution in [0.5, 0.6) is 0 Å². The summed E-state index contributed by atoms with van der Waals surface area (Å²) in [6.45, 7) is 0. The van der Waals surface area contributed by atoms with Gasteiger partial charge in [-0.25, -0.2) is 0 Å². The molecule has 0 N–H and O–H groups in total. The fourth-order valence-electron chi connectivity index (χ4n) is 5.23. The van der Waals surface area contributed by atoms with Crippen LogP contribution in [-0.4, -0.2) is 35.0 Å². The first kappa shape index (κ1) is 14.5. The molecule has 2 heterocycles. The van der Waals surface area contributed by atoms with Crippen LogP contribution in [0.15, 0.2) is 0 Å². The van der Waals surface area contributed by atoms with Crippen molar-refractivity contribution < 1.29 is 0 Å². The number of hydrogen-bond donors (Lipinski definition) is 0. The fraction of sp³-hybridized carbons (Fsp3) is 1.00. The summed E-state index contributed by atoms with van der Waals surface area (Å²) in [4.78, 5) is 0. The molecule has 4 atom stereocenters. The predicted octanol–water partition coefficient (Wildman–Crippen LogP) is 6.16. The molecule has 0 nitrogen and oxygen atoms in total. The minimum atomic E-state index is 0.534. The molecule has 2 saturated carbocycles. The van der Waals surface area contributed by atoms with Crippen molar-refractivity contribution in [2.45, 2.75) is 99.7 Å². The predicted molar refractivity (Wildman–Crippen MR) is 94.1 cm³/mol. The van der Waals surface area contributed by atoms with Gasteiger partial charge in [0.1, 0.15) is 0 Å². The molecule has 2 heteroatoms. The van der Waals surface area contributed by atoms with Crippen LogP contribution in [0.2, 0.25) is 0 Å². The Morgan fingerprint density at radius 2 is 0.750 bits per heavy atom. The lowest BCUT2D eigenvalue weighted by atomic mass is 10.0. The molecule has 0 aromatic rings. The molecular weight excluding hydrogens is 278 g/mol. The first-order valence-corrected chi connectivity index (χ1v) is 12.8. The first-order chi connectivity index (χ1) is 9.95. The molecule has 4 unspecified atom stereocenters. The highest BCUT2D eigenvalue weighted by Crippen LogP contribution is 2.75. The van der Waals surface area contributed by atoms with Crippen LogP contribution >= 0.6 is 15.8 Å². The lowest BCUT2D eigenvalue weighted by Gasteiger charge is -2.04. The van der Waals surface area contributed by atoms with Gasteiger partial charge in [-0.15, -0.1) is 0 Å². The molecule has 114 valence electrons. The average molecular weight is 310 g/mol. The van der Waals surface area contributed by atoms with E-state index in [9.17, 15) is 0 Å². The van der Waals surface area contributed by atoms with Crippen molar-refractivity contribution in [3.8, 4) is 0 Å². The largest absolute Gasteiger partial charge is 0.0987 e.